The molecule has 0 aliphatic carbocycles. The van der Waals surface area contributed by atoms with E-state index in [0.29, 0.717) is 17.1 Å². The van der Waals surface area contributed by atoms with Gasteiger partial charge in [-0.2, -0.15) is 10.4 Å². The van der Waals surface area contributed by atoms with Crippen LogP contribution in [0.15, 0.2) is 56.8 Å². The fourth-order valence-electron chi connectivity index (χ4n) is 2.75. The van der Waals surface area contributed by atoms with E-state index < -0.39 is 5.56 Å². The van der Waals surface area contributed by atoms with Gasteiger partial charge in [0.25, 0.3) is 5.56 Å². The van der Waals surface area contributed by atoms with Gasteiger partial charge in [-0.25, -0.2) is 10.4 Å². The molecule has 3 aromatic rings. The maximum Gasteiger partial charge on any atom is 0.270 e. The summed E-state index contributed by atoms with van der Waals surface area (Å²) < 4.78 is 11.9. The van der Waals surface area contributed by atoms with Crippen LogP contribution in [-0.2, 0) is 0 Å². The Kier molecular flexibility index (Phi) is 7.05. The molecular formula is C22H20BrN5O3. The number of benzene rings is 2. The molecule has 0 atom stereocenters. The third kappa shape index (κ3) is 5.29. The molecule has 158 valence electrons. The normalized spacial score (nSPS) is 10.8. The van der Waals surface area contributed by atoms with Crippen LogP contribution in [0.1, 0.15) is 25.0 Å². The summed E-state index contributed by atoms with van der Waals surface area (Å²) in [5, 5.41) is 13.5. The van der Waals surface area contributed by atoms with E-state index in [1.807, 2.05) is 38.1 Å². The summed E-state index contributed by atoms with van der Waals surface area (Å²) in [5.41, 5.74) is 3.76. The third-order valence-electron chi connectivity index (χ3n) is 4.10. The molecule has 2 aromatic carbocycles. The quantitative estimate of drug-likeness (QED) is 0.383. The van der Waals surface area contributed by atoms with Gasteiger partial charge in [0.1, 0.15) is 11.6 Å². The number of rotatable bonds is 7. The second kappa shape index (κ2) is 9.91. The first-order chi connectivity index (χ1) is 14.9. The number of H-pyrrole nitrogens is 1. The lowest BCUT2D eigenvalue weighted by molar-refractivity contribution is 0.230. The first-order valence-corrected chi connectivity index (χ1v) is 10.1. The number of hydrogen-bond donors (Lipinski definition) is 2. The highest BCUT2D eigenvalue weighted by molar-refractivity contribution is 9.10. The molecule has 0 aliphatic rings. The molecule has 0 amide bonds. The molecular weight excluding hydrogens is 462 g/mol. The van der Waals surface area contributed by atoms with E-state index in [9.17, 15) is 10.1 Å². The first kappa shape index (κ1) is 22.1. The zero-order valence-corrected chi connectivity index (χ0v) is 18.7. The lowest BCUT2D eigenvalue weighted by Gasteiger charge is -2.14. The number of hydrogen-bond acceptors (Lipinski definition) is 7. The Morgan fingerprint density at radius 1 is 1.26 bits per heavy atom. The van der Waals surface area contributed by atoms with Gasteiger partial charge < -0.3 is 9.47 Å². The van der Waals surface area contributed by atoms with Gasteiger partial charge in [0.15, 0.2) is 11.5 Å². The molecule has 3 rings (SSSR count). The fourth-order valence-corrected chi connectivity index (χ4v) is 3.18. The molecule has 1 heterocycles. The summed E-state index contributed by atoms with van der Waals surface area (Å²) in [5.74, 6) is 1.29. The van der Waals surface area contributed by atoms with Crippen LogP contribution < -0.4 is 20.5 Å². The number of ether oxygens (including phenoxy) is 2. The summed E-state index contributed by atoms with van der Waals surface area (Å²) in [6, 6.07) is 14.5. The van der Waals surface area contributed by atoms with E-state index in [0.717, 1.165) is 10.0 Å². The topological polar surface area (TPSA) is 112 Å². The number of nitriles is 1. The highest BCUT2D eigenvalue weighted by Gasteiger charge is 2.13. The van der Waals surface area contributed by atoms with Crippen LogP contribution in [0.5, 0.6) is 11.5 Å². The maximum absolute atomic E-state index is 12.3. The monoisotopic (exact) mass is 481 g/mol. The molecule has 8 nitrogen and oxygen atoms in total. The van der Waals surface area contributed by atoms with Crippen molar-refractivity contribution in [3.63, 3.8) is 0 Å². The molecule has 0 unspecified atom stereocenters. The van der Waals surface area contributed by atoms with E-state index in [-0.39, 0.29) is 23.3 Å². The van der Waals surface area contributed by atoms with Crippen LogP contribution >= 0.6 is 15.9 Å². The second-order valence-electron chi connectivity index (χ2n) is 6.68. The second-order valence-corrected chi connectivity index (χ2v) is 7.53. The van der Waals surface area contributed by atoms with Gasteiger partial charge in [-0.1, -0.05) is 30.3 Å². The number of nitrogens with one attached hydrogen (secondary N) is 2. The van der Waals surface area contributed by atoms with Crippen molar-refractivity contribution in [1.29, 1.82) is 5.26 Å². The van der Waals surface area contributed by atoms with Gasteiger partial charge >= 0.3 is 0 Å². The lowest BCUT2D eigenvalue weighted by Crippen LogP contribution is -2.16. The molecule has 1 aromatic heterocycles. The summed E-state index contributed by atoms with van der Waals surface area (Å²) in [6.45, 7) is 3.86. The number of anilines is 1. The number of nitrogens with zero attached hydrogens (tertiary/aromatic N) is 3. The predicted octanol–water partition coefficient (Wildman–Crippen LogP) is 4.31. The van der Waals surface area contributed by atoms with Gasteiger partial charge in [0, 0.05) is 15.6 Å². The van der Waals surface area contributed by atoms with Crippen molar-refractivity contribution in [2.75, 3.05) is 12.5 Å². The van der Waals surface area contributed by atoms with Gasteiger partial charge in [0.05, 0.1) is 25.1 Å². The largest absolute Gasteiger partial charge is 0.493 e. The SMILES string of the molecule is COc1cc(C=NNc2nc(-c3ccccc3)c(C#N)c(=O)[nH]2)c(Br)cc1OC(C)C. The average Bonchev–Trinajstić information content (AvgIpc) is 2.75. The number of aromatic nitrogens is 2. The van der Waals surface area contributed by atoms with Gasteiger partial charge in [0.2, 0.25) is 5.95 Å². The van der Waals surface area contributed by atoms with Gasteiger partial charge in [-0.3, -0.25) is 9.78 Å². The van der Waals surface area contributed by atoms with Crippen molar-refractivity contribution in [3.8, 4) is 28.8 Å². The van der Waals surface area contributed by atoms with E-state index in [2.05, 4.69) is 36.4 Å². The van der Waals surface area contributed by atoms with Gasteiger partial charge in [-0.05, 0) is 41.9 Å². The summed E-state index contributed by atoms with van der Waals surface area (Å²) in [4.78, 5) is 19.2. The third-order valence-corrected chi connectivity index (χ3v) is 4.78. The molecule has 0 fully saturated rings. The molecule has 0 saturated heterocycles. The smallest absolute Gasteiger partial charge is 0.270 e. The van der Waals surface area contributed by atoms with Gasteiger partial charge in [-0.15, -0.1) is 0 Å². The highest BCUT2D eigenvalue weighted by Crippen LogP contribution is 2.33. The summed E-state index contributed by atoms with van der Waals surface area (Å²) >= 11 is 3.50. The number of halogens is 1. The Labute approximate surface area is 187 Å². The Hall–Kier alpha value is -3.64. The minimum Gasteiger partial charge on any atom is -0.493 e. The first-order valence-electron chi connectivity index (χ1n) is 9.36. The van der Waals surface area contributed by atoms with Crippen molar-refractivity contribution < 1.29 is 9.47 Å². The molecule has 9 heteroatoms. The van der Waals surface area contributed by atoms with Crippen molar-refractivity contribution in [1.82, 2.24) is 9.97 Å². The Bertz CT molecular complexity index is 1200. The van der Waals surface area contributed by atoms with Crippen LogP contribution in [0.4, 0.5) is 5.95 Å². The van der Waals surface area contributed by atoms with Crippen molar-refractivity contribution >= 4 is 28.1 Å². The molecule has 2 N–H and O–H groups in total. The minimum atomic E-state index is -0.549. The molecule has 31 heavy (non-hydrogen) atoms. The zero-order chi connectivity index (χ0) is 22.4. The molecule has 0 bridgehead atoms. The molecule has 0 spiro atoms. The minimum absolute atomic E-state index is 0.0000694. The van der Waals surface area contributed by atoms with Crippen molar-refractivity contribution in [3.05, 3.63) is 68.4 Å². The standard InChI is InChI=1S/C22H20BrN5O3/c1-13(2)31-19-10-17(23)15(9-18(19)30-3)12-25-28-22-26-20(14-7-5-4-6-8-14)16(11-24)21(29)27-22/h4-10,12-13H,1-3H3,(H2,26,27,28,29). The summed E-state index contributed by atoms with van der Waals surface area (Å²) in [7, 11) is 1.56. The Balaban J connectivity index is 1.89. The Morgan fingerprint density at radius 2 is 2.00 bits per heavy atom. The van der Waals surface area contributed by atoms with Crippen LogP contribution in [-0.4, -0.2) is 29.4 Å². The highest BCUT2D eigenvalue weighted by atomic mass is 79.9. The van der Waals surface area contributed by atoms with Crippen molar-refractivity contribution in [2.24, 2.45) is 5.10 Å². The maximum atomic E-state index is 12.3. The molecule has 0 saturated carbocycles. The van der Waals surface area contributed by atoms with Crippen LogP contribution in [0, 0.1) is 11.3 Å². The van der Waals surface area contributed by atoms with Crippen LogP contribution in [0.2, 0.25) is 0 Å². The fraction of sp³-hybridized carbons (Fsp3) is 0.182. The summed E-state index contributed by atoms with van der Waals surface area (Å²) in [6.07, 6.45) is 1.55. The number of aromatic amines is 1. The Morgan fingerprint density at radius 3 is 2.65 bits per heavy atom. The number of hydrazone groups is 1. The van der Waals surface area contributed by atoms with E-state index >= 15 is 0 Å². The number of methoxy groups -OCH3 is 1. The lowest BCUT2D eigenvalue weighted by atomic mass is 10.1. The zero-order valence-electron chi connectivity index (χ0n) is 17.1. The van der Waals surface area contributed by atoms with Crippen LogP contribution in [0.25, 0.3) is 11.3 Å². The molecule has 0 radical (unpaired) electrons. The predicted molar refractivity (Wildman–Crippen MR) is 123 cm³/mol. The van der Waals surface area contributed by atoms with E-state index in [4.69, 9.17) is 9.47 Å². The van der Waals surface area contributed by atoms with E-state index in [1.54, 1.807) is 37.6 Å². The van der Waals surface area contributed by atoms with E-state index in [1.165, 1.54) is 0 Å². The molecule has 0 aliphatic heterocycles. The van der Waals surface area contributed by atoms with Crippen molar-refractivity contribution in [2.45, 2.75) is 20.0 Å². The van der Waals surface area contributed by atoms with Crippen LogP contribution in [0.3, 0.4) is 0 Å². The average molecular weight is 482 g/mol.